The monoisotopic (exact) mass is 352 g/mol. The van der Waals surface area contributed by atoms with Gasteiger partial charge in [0.05, 0.1) is 12.4 Å². The molecule has 1 N–H and O–H groups in total. The second kappa shape index (κ2) is 5.76. The van der Waals surface area contributed by atoms with Gasteiger partial charge in [0, 0.05) is 5.69 Å². The smallest absolute Gasteiger partial charge is 0.325 e. The Morgan fingerprint density at radius 2 is 1.77 bits per heavy atom. The first kappa shape index (κ1) is 17.8. The van der Waals surface area contributed by atoms with Gasteiger partial charge in [0.2, 0.25) is 5.82 Å². The van der Waals surface area contributed by atoms with Gasteiger partial charge in [-0.15, -0.1) is 10.2 Å². The number of nitrogens with one attached hydrogen (secondary N) is 1. The average Bonchev–Trinajstić information content (AvgIpc) is 3.15. The molecule has 0 amide bonds. The van der Waals surface area contributed by atoms with Crippen LogP contribution < -0.4 is 14.8 Å². The number of fused-ring (bicyclic) bond motifs is 1. The molecule has 0 spiro atoms. The molecule has 0 saturated carbocycles. The van der Waals surface area contributed by atoms with Gasteiger partial charge in [-0.25, -0.2) is 4.85 Å². The standard InChI is InChI=1S/C17H22N9/c1-9-19-15-11(13(17(5,6)7)25-26(15)24-9)20-22-14-10(18-8)12(21-23-14)16(2,3)4/h1-7H3,(H-,19,21,23,24)/q-1. The summed E-state index contributed by atoms with van der Waals surface area (Å²) in [5, 5.41) is 24.4. The summed E-state index contributed by atoms with van der Waals surface area (Å²) in [4.78, 5) is 7.98. The number of rotatable bonds is 2. The van der Waals surface area contributed by atoms with Crippen molar-refractivity contribution in [2.45, 2.75) is 59.3 Å². The molecule has 0 aliphatic rings. The summed E-state index contributed by atoms with van der Waals surface area (Å²) in [5.74, 6) is 0.876. The third-order valence-corrected chi connectivity index (χ3v) is 3.87. The zero-order valence-electron chi connectivity index (χ0n) is 16.1. The first-order valence-electron chi connectivity index (χ1n) is 8.31. The summed E-state index contributed by atoms with van der Waals surface area (Å²) in [6, 6.07) is 0. The molecule has 9 heteroatoms. The maximum atomic E-state index is 7.48. The summed E-state index contributed by atoms with van der Waals surface area (Å²) < 4.78 is 1.48. The molecular formula is C17H22N9-. The molecule has 136 valence electrons. The molecule has 0 aromatic carbocycles. The van der Waals surface area contributed by atoms with E-state index in [1.165, 1.54) is 4.63 Å². The van der Waals surface area contributed by atoms with E-state index in [4.69, 9.17) is 6.57 Å². The maximum absolute atomic E-state index is 7.48. The van der Waals surface area contributed by atoms with Crippen LogP contribution in [-0.2, 0) is 10.8 Å². The topological polar surface area (TPSA) is 103 Å². The first-order chi connectivity index (χ1) is 12.0. The van der Waals surface area contributed by atoms with Crippen LogP contribution in [0.15, 0.2) is 10.2 Å². The fourth-order valence-electron chi connectivity index (χ4n) is 2.59. The second-order valence-electron chi connectivity index (χ2n) is 8.25. The minimum absolute atomic E-state index is 0.240. The average molecular weight is 352 g/mol. The van der Waals surface area contributed by atoms with Crippen LogP contribution in [0.3, 0.4) is 0 Å². The van der Waals surface area contributed by atoms with Gasteiger partial charge < -0.3 is 14.8 Å². The molecule has 0 saturated heterocycles. The van der Waals surface area contributed by atoms with Gasteiger partial charge in [0.1, 0.15) is 0 Å². The van der Waals surface area contributed by atoms with E-state index < -0.39 is 0 Å². The fraction of sp³-hybridized carbons (Fsp3) is 0.529. The van der Waals surface area contributed by atoms with Crippen molar-refractivity contribution in [3.8, 4) is 0 Å². The maximum Gasteiger partial charge on any atom is 0.325 e. The van der Waals surface area contributed by atoms with Crippen LogP contribution >= 0.6 is 0 Å². The third kappa shape index (κ3) is 2.98. The number of H-pyrrole nitrogens is 1. The molecule has 3 aromatic rings. The number of aromatic nitrogens is 6. The van der Waals surface area contributed by atoms with Gasteiger partial charge in [0.15, 0.2) is 5.69 Å². The Labute approximate surface area is 151 Å². The Bertz CT molecular complexity index is 1030. The van der Waals surface area contributed by atoms with E-state index in [1.807, 2.05) is 41.5 Å². The number of aromatic amines is 1. The minimum atomic E-state index is -0.255. The first-order valence-corrected chi connectivity index (χ1v) is 8.31. The molecule has 0 unspecified atom stereocenters. The zero-order chi connectivity index (χ0) is 19.3. The molecule has 0 aliphatic carbocycles. The predicted octanol–water partition coefficient (Wildman–Crippen LogP) is 3.33. The van der Waals surface area contributed by atoms with Crippen molar-refractivity contribution in [2.24, 2.45) is 10.2 Å². The zero-order valence-corrected chi connectivity index (χ0v) is 16.1. The lowest BCUT2D eigenvalue weighted by molar-refractivity contribution is -0.649. The normalized spacial score (nSPS) is 13.0. The molecule has 0 bridgehead atoms. The lowest BCUT2D eigenvalue weighted by Gasteiger charge is -2.23. The highest BCUT2D eigenvalue weighted by atomic mass is 15.5. The van der Waals surface area contributed by atoms with Crippen LogP contribution in [0, 0.1) is 13.5 Å². The van der Waals surface area contributed by atoms with E-state index in [-0.39, 0.29) is 16.6 Å². The molecule has 3 aromatic heterocycles. The van der Waals surface area contributed by atoms with Gasteiger partial charge in [-0.05, 0) is 17.8 Å². The largest absolute Gasteiger partial charge is 0.509 e. The molecule has 0 fully saturated rings. The summed E-state index contributed by atoms with van der Waals surface area (Å²) in [6.07, 6.45) is 0. The van der Waals surface area contributed by atoms with E-state index in [9.17, 15) is 0 Å². The Balaban J connectivity index is 2.12. The van der Waals surface area contributed by atoms with Crippen molar-refractivity contribution in [1.82, 2.24) is 25.4 Å². The van der Waals surface area contributed by atoms with Gasteiger partial charge in [-0.2, -0.15) is 5.10 Å². The Morgan fingerprint density at radius 3 is 2.35 bits per heavy atom. The number of hydrogen-bond acceptors (Lipinski definition) is 4. The lowest BCUT2D eigenvalue weighted by Crippen LogP contribution is -2.31. The predicted molar refractivity (Wildman–Crippen MR) is 95.2 cm³/mol. The van der Waals surface area contributed by atoms with Crippen molar-refractivity contribution in [3.63, 3.8) is 0 Å². The van der Waals surface area contributed by atoms with E-state index in [1.54, 1.807) is 6.92 Å². The highest BCUT2D eigenvalue weighted by molar-refractivity contribution is 5.68. The van der Waals surface area contributed by atoms with E-state index in [2.05, 4.69) is 40.5 Å². The highest BCUT2D eigenvalue weighted by Crippen LogP contribution is 2.38. The minimum Gasteiger partial charge on any atom is -0.509 e. The summed E-state index contributed by atoms with van der Waals surface area (Å²) in [5.41, 5.74) is 2.47. The van der Waals surface area contributed by atoms with Crippen molar-refractivity contribution in [3.05, 3.63) is 28.6 Å². The van der Waals surface area contributed by atoms with Crippen molar-refractivity contribution >= 4 is 22.8 Å². The summed E-state index contributed by atoms with van der Waals surface area (Å²) in [6.45, 7) is 21.4. The number of aryl methyl sites for hydroxylation is 1. The quantitative estimate of drug-likeness (QED) is 0.434. The number of hydrogen-bond donors (Lipinski definition) is 1. The summed E-state index contributed by atoms with van der Waals surface area (Å²) in [7, 11) is 0. The fourth-order valence-corrected chi connectivity index (χ4v) is 2.59. The van der Waals surface area contributed by atoms with Crippen LogP contribution in [0.2, 0.25) is 0 Å². The van der Waals surface area contributed by atoms with Gasteiger partial charge in [-0.1, -0.05) is 52.2 Å². The Morgan fingerprint density at radius 1 is 1.08 bits per heavy atom. The van der Waals surface area contributed by atoms with E-state index in [0.717, 1.165) is 11.4 Å². The van der Waals surface area contributed by atoms with Gasteiger partial charge in [0.25, 0.3) is 5.69 Å². The van der Waals surface area contributed by atoms with Crippen LogP contribution in [0.1, 0.15) is 58.8 Å². The molecule has 3 rings (SSSR count). The Kier molecular flexibility index (Phi) is 3.94. The van der Waals surface area contributed by atoms with Crippen LogP contribution in [-0.4, -0.2) is 15.2 Å². The van der Waals surface area contributed by atoms with Gasteiger partial charge >= 0.3 is 5.65 Å². The number of nitrogens with zero attached hydrogens (tertiary/aromatic N) is 8. The molecule has 0 radical (unpaired) electrons. The molecule has 26 heavy (non-hydrogen) atoms. The Hall–Kier alpha value is -3.02. The van der Waals surface area contributed by atoms with E-state index >= 15 is 0 Å². The highest BCUT2D eigenvalue weighted by Gasteiger charge is 2.25. The molecule has 9 nitrogen and oxygen atoms in total. The third-order valence-electron chi connectivity index (χ3n) is 3.87. The van der Waals surface area contributed by atoms with Crippen LogP contribution in [0.5, 0.6) is 0 Å². The van der Waals surface area contributed by atoms with Crippen molar-refractivity contribution in [2.75, 3.05) is 0 Å². The SMILES string of the molecule is [C-]#[N+]c1c(N=Nc2c(C(C)(C)C)[n-][n+]3[n-]c(C)nc23)n[nH]c1C(C)(C)C. The second-order valence-corrected chi connectivity index (χ2v) is 8.25. The van der Waals surface area contributed by atoms with Gasteiger partial charge in [-0.3, -0.25) is 5.10 Å². The number of azo groups is 1. The molecule has 3 heterocycles. The van der Waals surface area contributed by atoms with Crippen molar-refractivity contribution in [1.29, 1.82) is 0 Å². The van der Waals surface area contributed by atoms with Crippen molar-refractivity contribution < 1.29 is 4.63 Å². The molecule has 0 atom stereocenters. The lowest BCUT2D eigenvalue weighted by atomic mass is 9.91. The molecular weight excluding hydrogens is 330 g/mol. The summed E-state index contributed by atoms with van der Waals surface area (Å²) >= 11 is 0. The van der Waals surface area contributed by atoms with E-state index in [0.29, 0.717) is 22.8 Å². The van der Waals surface area contributed by atoms with Crippen LogP contribution in [0.4, 0.5) is 17.2 Å². The van der Waals surface area contributed by atoms with Crippen LogP contribution in [0.25, 0.3) is 10.5 Å². The molecule has 0 aliphatic heterocycles.